The Hall–Kier alpha value is -1.68. The van der Waals surface area contributed by atoms with Crippen molar-refractivity contribution < 1.29 is 4.79 Å². The van der Waals surface area contributed by atoms with Crippen molar-refractivity contribution in [3.8, 4) is 0 Å². The summed E-state index contributed by atoms with van der Waals surface area (Å²) in [5.41, 5.74) is 3.84. The number of Topliss-reactive ketones (excluding diaryl/α,β-unsaturated/α-hetero) is 1. The van der Waals surface area contributed by atoms with Crippen LogP contribution in [-0.2, 0) is 6.42 Å². The molecule has 2 aliphatic rings. The fourth-order valence-electron chi connectivity index (χ4n) is 4.67. The summed E-state index contributed by atoms with van der Waals surface area (Å²) in [6.07, 6.45) is 5.53. The first-order chi connectivity index (χ1) is 13.7. The third kappa shape index (κ3) is 4.65. The first-order valence-corrected chi connectivity index (χ1v) is 10.9. The number of benzene rings is 2. The Bertz CT molecular complexity index is 805. The Morgan fingerprint density at radius 2 is 1.79 bits per heavy atom. The van der Waals surface area contributed by atoms with E-state index in [0.29, 0.717) is 17.5 Å². The summed E-state index contributed by atoms with van der Waals surface area (Å²) in [5.74, 6) is 0.207. The lowest BCUT2D eigenvalue weighted by Gasteiger charge is -2.35. The second-order valence-electron chi connectivity index (χ2n) is 8.02. The molecule has 0 radical (unpaired) electrons. The highest BCUT2D eigenvalue weighted by atomic mass is 35.5. The number of hydrogen-bond donors (Lipinski definition) is 0. The average molecular weight is 397 g/mol. The van der Waals surface area contributed by atoms with E-state index in [4.69, 9.17) is 11.6 Å². The monoisotopic (exact) mass is 396 g/mol. The Morgan fingerprint density at radius 3 is 2.64 bits per heavy atom. The van der Waals surface area contributed by atoms with Gasteiger partial charge in [-0.2, -0.15) is 0 Å². The van der Waals surface area contributed by atoms with Crippen LogP contribution in [0, 0.1) is 0 Å². The van der Waals surface area contributed by atoms with E-state index < -0.39 is 0 Å². The zero-order valence-electron chi connectivity index (χ0n) is 16.4. The number of aryl methyl sites for hydroxylation is 1. The number of halogens is 1. The lowest BCUT2D eigenvalue weighted by Crippen LogP contribution is -2.35. The molecule has 2 aromatic rings. The summed E-state index contributed by atoms with van der Waals surface area (Å²) >= 11 is 5.92. The Balaban J connectivity index is 1.32. The summed E-state index contributed by atoms with van der Waals surface area (Å²) < 4.78 is 0. The Morgan fingerprint density at radius 1 is 0.964 bits per heavy atom. The van der Waals surface area contributed by atoms with Crippen molar-refractivity contribution in [2.75, 3.05) is 32.7 Å². The second-order valence-corrected chi connectivity index (χ2v) is 8.45. The number of fused-ring (bicyclic) bond motifs is 1. The zero-order valence-corrected chi connectivity index (χ0v) is 17.2. The van der Waals surface area contributed by atoms with E-state index in [1.54, 1.807) is 17.7 Å². The number of carbonyl (C=O) groups is 1. The SMILES string of the molecule is O=C(CCN1CCCN(C2CCCc3ccccc32)CC1)c1ccc(Cl)cc1. The second kappa shape index (κ2) is 9.21. The van der Waals surface area contributed by atoms with E-state index in [-0.39, 0.29) is 5.78 Å². The number of ketones is 1. The van der Waals surface area contributed by atoms with Gasteiger partial charge in [0.15, 0.2) is 5.78 Å². The van der Waals surface area contributed by atoms with Crippen LogP contribution < -0.4 is 0 Å². The molecular formula is C24H29ClN2O. The van der Waals surface area contributed by atoms with E-state index in [0.717, 1.165) is 38.3 Å². The molecule has 3 nitrogen and oxygen atoms in total. The smallest absolute Gasteiger partial charge is 0.164 e. The van der Waals surface area contributed by atoms with Crippen molar-refractivity contribution in [3.05, 3.63) is 70.2 Å². The van der Waals surface area contributed by atoms with Crippen molar-refractivity contribution in [1.29, 1.82) is 0 Å². The van der Waals surface area contributed by atoms with Crippen LogP contribution in [0.4, 0.5) is 0 Å². The molecule has 148 valence electrons. The van der Waals surface area contributed by atoms with Gasteiger partial charge in [-0.05, 0) is 67.6 Å². The molecule has 2 aromatic carbocycles. The molecule has 1 atom stereocenters. The maximum absolute atomic E-state index is 12.5. The third-order valence-corrected chi connectivity index (χ3v) is 6.47. The van der Waals surface area contributed by atoms with E-state index in [9.17, 15) is 4.79 Å². The van der Waals surface area contributed by atoms with Crippen LogP contribution in [0.1, 0.15) is 53.2 Å². The Labute approximate surface area is 173 Å². The lowest BCUT2D eigenvalue weighted by molar-refractivity contribution is 0.0964. The van der Waals surface area contributed by atoms with Gasteiger partial charge in [0, 0.05) is 49.2 Å². The summed E-state index contributed by atoms with van der Waals surface area (Å²) in [7, 11) is 0. The zero-order chi connectivity index (χ0) is 19.3. The normalized spacial score (nSPS) is 21.1. The highest BCUT2D eigenvalue weighted by Crippen LogP contribution is 2.34. The van der Waals surface area contributed by atoms with Gasteiger partial charge in [-0.15, -0.1) is 0 Å². The van der Waals surface area contributed by atoms with Crippen molar-refractivity contribution >= 4 is 17.4 Å². The quantitative estimate of drug-likeness (QED) is 0.664. The molecule has 0 N–H and O–H groups in total. The van der Waals surface area contributed by atoms with Gasteiger partial charge in [-0.3, -0.25) is 9.69 Å². The molecule has 0 amide bonds. The molecule has 1 heterocycles. The number of rotatable bonds is 5. The fourth-order valence-corrected chi connectivity index (χ4v) is 4.80. The largest absolute Gasteiger partial charge is 0.302 e. The Kier molecular flexibility index (Phi) is 6.46. The molecule has 1 aliphatic carbocycles. The minimum Gasteiger partial charge on any atom is -0.302 e. The number of nitrogens with zero attached hydrogens (tertiary/aromatic N) is 2. The van der Waals surface area contributed by atoms with Crippen molar-refractivity contribution in [2.45, 2.75) is 38.1 Å². The number of carbonyl (C=O) groups excluding carboxylic acids is 1. The molecule has 0 saturated carbocycles. The molecule has 4 heteroatoms. The fraction of sp³-hybridized carbons (Fsp3) is 0.458. The molecule has 1 unspecified atom stereocenters. The number of hydrogen-bond acceptors (Lipinski definition) is 3. The molecule has 1 aliphatic heterocycles. The molecule has 0 aromatic heterocycles. The molecule has 4 rings (SSSR count). The van der Waals surface area contributed by atoms with E-state index in [1.807, 2.05) is 12.1 Å². The maximum Gasteiger partial charge on any atom is 0.164 e. The predicted octanol–water partition coefficient (Wildman–Crippen LogP) is 5.00. The van der Waals surface area contributed by atoms with Gasteiger partial charge < -0.3 is 4.90 Å². The van der Waals surface area contributed by atoms with E-state index in [1.165, 1.54) is 31.2 Å². The van der Waals surface area contributed by atoms with Gasteiger partial charge in [-0.25, -0.2) is 0 Å². The van der Waals surface area contributed by atoms with Crippen LogP contribution in [0.2, 0.25) is 5.02 Å². The summed E-state index contributed by atoms with van der Waals surface area (Å²) in [5, 5.41) is 0.674. The van der Waals surface area contributed by atoms with Crippen LogP contribution in [0.3, 0.4) is 0 Å². The maximum atomic E-state index is 12.5. The minimum absolute atomic E-state index is 0.207. The van der Waals surface area contributed by atoms with Crippen molar-refractivity contribution in [3.63, 3.8) is 0 Å². The first kappa shape index (κ1) is 19.6. The highest BCUT2D eigenvalue weighted by Gasteiger charge is 2.27. The highest BCUT2D eigenvalue weighted by molar-refractivity contribution is 6.30. The lowest BCUT2D eigenvalue weighted by atomic mass is 9.87. The van der Waals surface area contributed by atoms with Crippen LogP contribution in [0.15, 0.2) is 48.5 Å². The van der Waals surface area contributed by atoms with Gasteiger partial charge in [0.2, 0.25) is 0 Å². The van der Waals surface area contributed by atoms with Gasteiger partial charge in [0.05, 0.1) is 0 Å². The van der Waals surface area contributed by atoms with E-state index in [2.05, 4.69) is 34.1 Å². The summed E-state index contributed by atoms with van der Waals surface area (Å²) in [4.78, 5) is 17.6. The third-order valence-electron chi connectivity index (χ3n) is 6.22. The molecule has 0 spiro atoms. The van der Waals surface area contributed by atoms with Gasteiger partial charge in [0.1, 0.15) is 0 Å². The predicted molar refractivity (Wildman–Crippen MR) is 115 cm³/mol. The molecule has 1 saturated heterocycles. The summed E-state index contributed by atoms with van der Waals surface area (Å²) in [6.45, 7) is 5.22. The molecule has 0 bridgehead atoms. The van der Waals surface area contributed by atoms with Crippen molar-refractivity contribution in [2.24, 2.45) is 0 Å². The van der Waals surface area contributed by atoms with Crippen LogP contribution in [0.25, 0.3) is 0 Å². The van der Waals surface area contributed by atoms with Crippen LogP contribution >= 0.6 is 11.6 Å². The summed E-state index contributed by atoms with van der Waals surface area (Å²) in [6, 6.07) is 16.8. The first-order valence-electron chi connectivity index (χ1n) is 10.5. The van der Waals surface area contributed by atoms with Gasteiger partial charge in [0.25, 0.3) is 0 Å². The molecule has 1 fully saturated rings. The molecule has 28 heavy (non-hydrogen) atoms. The topological polar surface area (TPSA) is 23.6 Å². The van der Waals surface area contributed by atoms with E-state index >= 15 is 0 Å². The van der Waals surface area contributed by atoms with Crippen LogP contribution in [0.5, 0.6) is 0 Å². The van der Waals surface area contributed by atoms with Crippen LogP contribution in [-0.4, -0.2) is 48.3 Å². The standard InChI is InChI=1S/C24H29ClN2O/c25-21-11-9-20(10-12-21)24(28)13-16-26-14-4-15-27(18-17-26)23-8-3-6-19-5-1-2-7-22(19)23/h1-2,5,7,9-12,23H,3-4,6,8,13-18H2. The minimum atomic E-state index is 0.207. The average Bonchev–Trinajstić information content (AvgIpc) is 2.98. The van der Waals surface area contributed by atoms with Crippen molar-refractivity contribution in [1.82, 2.24) is 9.80 Å². The van der Waals surface area contributed by atoms with Gasteiger partial charge >= 0.3 is 0 Å². The van der Waals surface area contributed by atoms with Gasteiger partial charge in [-0.1, -0.05) is 35.9 Å². The molecular weight excluding hydrogens is 368 g/mol.